The molecule has 2 heterocycles. The maximum atomic E-state index is 13.3. The van der Waals surface area contributed by atoms with E-state index >= 15 is 0 Å². The van der Waals surface area contributed by atoms with E-state index in [0.717, 1.165) is 24.0 Å². The molecule has 0 amide bonds. The van der Waals surface area contributed by atoms with E-state index in [2.05, 4.69) is 0 Å². The molecular weight excluding hydrogens is 332 g/mol. The molecule has 2 aromatic rings. The van der Waals surface area contributed by atoms with Crippen LogP contribution in [0.5, 0.6) is 0 Å². The largest absolute Gasteiger partial charge is 0.388 e. The van der Waals surface area contributed by atoms with E-state index in [1.807, 2.05) is 60.7 Å². The third kappa shape index (κ3) is 3.03. The second-order valence-corrected chi connectivity index (χ2v) is 8.44. The Bertz CT molecular complexity index is 672. The molecule has 0 radical (unpaired) electrons. The van der Waals surface area contributed by atoms with Crippen molar-refractivity contribution in [2.24, 2.45) is 11.8 Å². The molecule has 0 aromatic heterocycles. The van der Waals surface area contributed by atoms with Crippen molar-refractivity contribution in [3.8, 4) is 0 Å². The number of rotatable bonds is 4. The van der Waals surface area contributed by atoms with Gasteiger partial charge in [-0.2, -0.15) is 11.8 Å². The quantitative estimate of drug-likeness (QED) is 0.882. The maximum Gasteiger partial charge on any atom is 0.147 e. The Hall–Kier alpha value is -1.62. The van der Waals surface area contributed by atoms with Gasteiger partial charge < -0.3 is 10.2 Å². The van der Waals surface area contributed by atoms with Crippen molar-refractivity contribution in [1.82, 2.24) is 0 Å². The summed E-state index contributed by atoms with van der Waals surface area (Å²) in [5.74, 6) is -0.886. The summed E-state index contributed by atoms with van der Waals surface area (Å²) in [6.07, 6.45) is 0.229. The van der Waals surface area contributed by atoms with Crippen LogP contribution >= 0.6 is 11.8 Å². The molecule has 4 heteroatoms. The molecule has 0 aliphatic carbocycles. The highest BCUT2D eigenvalue weighted by atomic mass is 32.2. The molecule has 2 fully saturated rings. The highest BCUT2D eigenvalue weighted by molar-refractivity contribution is 8.01. The third-order valence-corrected chi connectivity index (χ3v) is 7.26. The topological polar surface area (TPSA) is 57.5 Å². The van der Waals surface area contributed by atoms with Gasteiger partial charge in [0, 0.05) is 10.5 Å². The summed E-state index contributed by atoms with van der Waals surface area (Å²) in [4.78, 5) is 13.3. The first-order valence-corrected chi connectivity index (χ1v) is 9.76. The summed E-state index contributed by atoms with van der Waals surface area (Å²) < 4.78 is 0. The molecule has 4 unspecified atom stereocenters. The molecule has 2 saturated heterocycles. The highest BCUT2D eigenvalue weighted by Gasteiger charge is 2.53. The fourth-order valence-corrected chi connectivity index (χ4v) is 6.14. The Labute approximate surface area is 152 Å². The van der Waals surface area contributed by atoms with Crippen molar-refractivity contribution in [2.45, 2.75) is 35.5 Å². The van der Waals surface area contributed by atoms with Gasteiger partial charge in [0.25, 0.3) is 0 Å². The number of benzene rings is 2. The molecule has 4 rings (SSSR count). The van der Waals surface area contributed by atoms with Crippen molar-refractivity contribution < 1.29 is 15.0 Å². The fourth-order valence-electron chi connectivity index (χ4n) is 4.24. The van der Waals surface area contributed by atoms with Crippen LogP contribution in [0.2, 0.25) is 0 Å². The summed E-state index contributed by atoms with van der Waals surface area (Å²) >= 11 is 1.78. The van der Waals surface area contributed by atoms with Gasteiger partial charge in [0.15, 0.2) is 0 Å². The van der Waals surface area contributed by atoms with E-state index < -0.39 is 24.0 Å². The first-order valence-electron chi connectivity index (χ1n) is 8.82. The van der Waals surface area contributed by atoms with Gasteiger partial charge in [-0.1, -0.05) is 60.7 Å². The Kier molecular flexibility index (Phi) is 4.67. The van der Waals surface area contributed by atoms with E-state index in [1.165, 1.54) is 0 Å². The summed E-state index contributed by atoms with van der Waals surface area (Å²) in [5, 5.41) is 22.1. The molecule has 2 aliphatic rings. The van der Waals surface area contributed by atoms with Crippen LogP contribution in [0.4, 0.5) is 0 Å². The zero-order chi connectivity index (χ0) is 17.4. The summed E-state index contributed by atoms with van der Waals surface area (Å²) in [5.41, 5.74) is 1.56. The predicted molar refractivity (Wildman–Crippen MR) is 99.2 cm³/mol. The van der Waals surface area contributed by atoms with E-state index in [-0.39, 0.29) is 16.3 Å². The predicted octanol–water partition coefficient (Wildman–Crippen LogP) is 3.53. The van der Waals surface area contributed by atoms with Crippen LogP contribution in [0.15, 0.2) is 60.7 Å². The Morgan fingerprint density at radius 2 is 1.16 bits per heavy atom. The first kappa shape index (κ1) is 16.8. The normalized spacial score (nSPS) is 30.9. The van der Waals surface area contributed by atoms with Crippen LogP contribution < -0.4 is 0 Å². The number of carbonyl (C=O) groups is 1. The molecule has 2 aliphatic heterocycles. The minimum atomic E-state index is -0.810. The lowest BCUT2D eigenvalue weighted by Gasteiger charge is -2.38. The zero-order valence-corrected chi connectivity index (χ0v) is 14.7. The lowest BCUT2D eigenvalue weighted by atomic mass is 9.80. The standard InChI is InChI=1S/C21H22O3S/c22-19(13-7-3-1-4-8-13)17-15-11-12-16(25-15)18(21(17)24)20(23)14-9-5-2-6-10-14/h1-10,15-20,22-23H,11-12H2/t15?,16?,17?,18?,19-,20-/m1/s1. The second-order valence-electron chi connectivity index (χ2n) is 6.96. The maximum absolute atomic E-state index is 13.3. The van der Waals surface area contributed by atoms with Gasteiger partial charge in [0.2, 0.25) is 0 Å². The number of Topliss-reactive ketones (excluding diaryl/α,β-unsaturated/α-hetero) is 1. The third-order valence-electron chi connectivity index (χ3n) is 5.51. The first-order chi connectivity index (χ1) is 12.2. The molecule has 3 nitrogen and oxygen atoms in total. The van der Waals surface area contributed by atoms with Crippen molar-refractivity contribution in [1.29, 1.82) is 0 Å². The van der Waals surface area contributed by atoms with Crippen LogP contribution in [0.1, 0.15) is 36.2 Å². The average molecular weight is 354 g/mol. The number of hydrogen-bond donors (Lipinski definition) is 2. The average Bonchev–Trinajstić information content (AvgIpc) is 3.07. The van der Waals surface area contributed by atoms with Gasteiger partial charge in [-0.25, -0.2) is 0 Å². The van der Waals surface area contributed by atoms with Gasteiger partial charge >= 0.3 is 0 Å². The van der Waals surface area contributed by atoms with Gasteiger partial charge in [-0.05, 0) is 24.0 Å². The molecule has 0 saturated carbocycles. The molecule has 0 spiro atoms. The SMILES string of the molecule is O=C1C([C@H](O)c2ccccc2)C2CCC(S2)C1[C@H](O)c1ccccc1. The van der Waals surface area contributed by atoms with Crippen molar-refractivity contribution in [3.63, 3.8) is 0 Å². The molecule has 6 atom stereocenters. The van der Waals surface area contributed by atoms with Crippen LogP contribution in [0.25, 0.3) is 0 Å². The van der Waals surface area contributed by atoms with E-state index in [4.69, 9.17) is 0 Å². The summed E-state index contributed by atoms with van der Waals surface area (Å²) in [7, 11) is 0. The number of thioether (sulfide) groups is 1. The molecule has 2 bridgehead atoms. The van der Waals surface area contributed by atoms with E-state index in [1.54, 1.807) is 11.8 Å². The number of carbonyl (C=O) groups excluding carboxylic acids is 1. The lowest BCUT2D eigenvalue weighted by molar-refractivity contribution is -0.134. The Morgan fingerprint density at radius 3 is 1.56 bits per heavy atom. The molecule has 2 N–H and O–H groups in total. The monoisotopic (exact) mass is 354 g/mol. The zero-order valence-electron chi connectivity index (χ0n) is 13.9. The highest BCUT2D eigenvalue weighted by Crippen LogP contribution is 2.53. The van der Waals surface area contributed by atoms with Crippen LogP contribution in [-0.2, 0) is 4.79 Å². The van der Waals surface area contributed by atoms with E-state index in [9.17, 15) is 15.0 Å². The van der Waals surface area contributed by atoms with Gasteiger partial charge in [-0.15, -0.1) is 0 Å². The van der Waals surface area contributed by atoms with Crippen LogP contribution in [-0.4, -0.2) is 26.5 Å². The smallest absolute Gasteiger partial charge is 0.147 e. The number of aliphatic hydroxyl groups excluding tert-OH is 2. The second kappa shape index (κ2) is 6.94. The van der Waals surface area contributed by atoms with Crippen LogP contribution in [0, 0.1) is 11.8 Å². The number of hydrogen-bond acceptors (Lipinski definition) is 4. The summed E-state index contributed by atoms with van der Waals surface area (Å²) in [6.45, 7) is 0. The molecule has 130 valence electrons. The molecular formula is C21H22O3S. The van der Waals surface area contributed by atoms with Crippen LogP contribution in [0.3, 0.4) is 0 Å². The number of fused-ring (bicyclic) bond motifs is 2. The lowest BCUT2D eigenvalue weighted by Crippen LogP contribution is -2.43. The van der Waals surface area contributed by atoms with Gasteiger partial charge in [0.05, 0.1) is 24.0 Å². The number of aliphatic hydroxyl groups is 2. The summed E-state index contributed by atoms with van der Waals surface area (Å²) in [6, 6.07) is 18.8. The Morgan fingerprint density at radius 1 is 0.760 bits per heavy atom. The molecule has 25 heavy (non-hydrogen) atoms. The van der Waals surface area contributed by atoms with E-state index in [0.29, 0.717) is 0 Å². The molecule has 2 aromatic carbocycles. The minimum Gasteiger partial charge on any atom is -0.388 e. The number of ketones is 1. The minimum absolute atomic E-state index is 0.0129. The van der Waals surface area contributed by atoms with Gasteiger partial charge in [-0.3, -0.25) is 4.79 Å². The van der Waals surface area contributed by atoms with Crippen molar-refractivity contribution >= 4 is 17.5 Å². The van der Waals surface area contributed by atoms with Crippen molar-refractivity contribution in [2.75, 3.05) is 0 Å². The Balaban J connectivity index is 1.65. The fraction of sp³-hybridized carbons (Fsp3) is 0.381. The van der Waals surface area contributed by atoms with Gasteiger partial charge in [0.1, 0.15) is 5.78 Å². The van der Waals surface area contributed by atoms with Crippen molar-refractivity contribution in [3.05, 3.63) is 71.8 Å².